The summed E-state index contributed by atoms with van der Waals surface area (Å²) in [5, 5.41) is 2.94. The predicted molar refractivity (Wildman–Crippen MR) is 83.1 cm³/mol. The third-order valence-corrected chi connectivity index (χ3v) is 3.32. The Morgan fingerprint density at radius 1 is 1.09 bits per heavy atom. The normalized spacial score (nSPS) is 11.8. The number of nitrogens with two attached hydrogens (primary N) is 1. The molecule has 3 aromatic rings. The molecular formula is C17H15N3O2. The standard InChI is InChI=1S/C17H15N3O2/c18-16-13(8-4-10-19-16)17(21)20-15(14-9-5-11-22-14)12-6-2-1-3-7-12/h1-11,15H,(H2,18,19)(H,20,21). The van der Waals surface area contributed by atoms with Gasteiger partial charge in [0.25, 0.3) is 5.91 Å². The summed E-state index contributed by atoms with van der Waals surface area (Å²) in [4.78, 5) is 16.4. The van der Waals surface area contributed by atoms with E-state index in [4.69, 9.17) is 10.2 Å². The van der Waals surface area contributed by atoms with Crippen LogP contribution in [0.5, 0.6) is 0 Å². The van der Waals surface area contributed by atoms with E-state index in [2.05, 4.69) is 10.3 Å². The Hall–Kier alpha value is -3.08. The van der Waals surface area contributed by atoms with Crippen LogP contribution in [0.15, 0.2) is 71.5 Å². The van der Waals surface area contributed by atoms with Crippen molar-refractivity contribution < 1.29 is 9.21 Å². The van der Waals surface area contributed by atoms with E-state index < -0.39 is 0 Å². The van der Waals surface area contributed by atoms with Crippen LogP contribution in [-0.4, -0.2) is 10.9 Å². The van der Waals surface area contributed by atoms with E-state index in [0.29, 0.717) is 11.3 Å². The van der Waals surface area contributed by atoms with Gasteiger partial charge in [0.15, 0.2) is 0 Å². The molecule has 110 valence electrons. The Morgan fingerprint density at radius 3 is 2.59 bits per heavy atom. The van der Waals surface area contributed by atoms with E-state index in [9.17, 15) is 4.79 Å². The molecule has 5 nitrogen and oxygen atoms in total. The van der Waals surface area contributed by atoms with Gasteiger partial charge in [-0.3, -0.25) is 4.79 Å². The first-order chi connectivity index (χ1) is 10.8. The van der Waals surface area contributed by atoms with Crippen LogP contribution in [0, 0.1) is 0 Å². The second kappa shape index (κ2) is 6.13. The molecule has 0 radical (unpaired) electrons. The quantitative estimate of drug-likeness (QED) is 0.775. The molecule has 0 saturated heterocycles. The molecule has 2 aromatic heterocycles. The first kappa shape index (κ1) is 13.9. The lowest BCUT2D eigenvalue weighted by molar-refractivity contribution is 0.0939. The maximum Gasteiger partial charge on any atom is 0.255 e. The van der Waals surface area contributed by atoms with Gasteiger partial charge in [-0.25, -0.2) is 4.98 Å². The van der Waals surface area contributed by atoms with E-state index >= 15 is 0 Å². The number of furan rings is 1. The number of nitrogen functional groups attached to an aromatic ring is 1. The van der Waals surface area contributed by atoms with Crippen molar-refractivity contribution in [2.75, 3.05) is 5.73 Å². The molecule has 1 amide bonds. The van der Waals surface area contributed by atoms with Gasteiger partial charge in [-0.15, -0.1) is 0 Å². The molecule has 3 N–H and O–H groups in total. The number of anilines is 1. The molecule has 3 rings (SSSR count). The minimum Gasteiger partial charge on any atom is -0.467 e. The van der Waals surface area contributed by atoms with E-state index in [-0.39, 0.29) is 17.8 Å². The number of rotatable bonds is 4. The van der Waals surface area contributed by atoms with Gasteiger partial charge in [0, 0.05) is 6.20 Å². The molecule has 2 heterocycles. The molecule has 0 aliphatic heterocycles. The monoisotopic (exact) mass is 293 g/mol. The van der Waals surface area contributed by atoms with E-state index in [0.717, 1.165) is 5.56 Å². The molecule has 5 heteroatoms. The van der Waals surface area contributed by atoms with Crippen molar-refractivity contribution in [2.45, 2.75) is 6.04 Å². The molecule has 1 aromatic carbocycles. The zero-order valence-electron chi connectivity index (χ0n) is 11.8. The first-order valence-electron chi connectivity index (χ1n) is 6.85. The lowest BCUT2D eigenvalue weighted by atomic mass is 10.0. The summed E-state index contributed by atoms with van der Waals surface area (Å²) in [6.45, 7) is 0. The maximum absolute atomic E-state index is 12.5. The highest BCUT2D eigenvalue weighted by Crippen LogP contribution is 2.23. The van der Waals surface area contributed by atoms with Crippen molar-refractivity contribution >= 4 is 11.7 Å². The van der Waals surface area contributed by atoms with Gasteiger partial charge in [-0.2, -0.15) is 0 Å². The Morgan fingerprint density at radius 2 is 1.91 bits per heavy atom. The second-order valence-corrected chi connectivity index (χ2v) is 4.77. The summed E-state index contributed by atoms with van der Waals surface area (Å²) in [5.41, 5.74) is 7.03. The minimum atomic E-state index is -0.386. The third kappa shape index (κ3) is 2.83. The van der Waals surface area contributed by atoms with Crippen LogP contribution in [0.25, 0.3) is 0 Å². The fourth-order valence-corrected chi connectivity index (χ4v) is 2.24. The third-order valence-electron chi connectivity index (χ3n) is 3.32. The van der Waals surface area contributed by atoms with Crippen LogP contribution < -0.4 is 11.1 Å². The van der Waals surface area contributed by atoms with Gasteiger partial charge < -0.3 is 15.5 Å². The lowest BCUT2D eigenvalue weighted by Gasteiger charge is -2.17. The van der Waals surface area contributed by atoms with Crippen LogP contribution in [0.1, 0.15) is 27.7 Å². The molecule has 0 spiro atoms. The molecule has 0 fully saturated rings. The van der Waals surface area contributed by atoms with Crippen molar-refractivity contribution in [2.24, 2.45) is 0 Å². The molecule has 0 bridgehead atoms. The number of carbonyl (C=O) groups is 1. The molecule has 0 aliphatic carbocycles. The highest BCUT2D eigenvalue weighted by Gasteiger charge is 2.21. The number of nitrogens with one attached hydrogen (secondary N) is 1. The number of hydrogen-bond donors (Lipinski definition) is 2. The van der Waals surface area contributed by atoms with Crippen molar-refractivity contribution in [1.82, 2.24) is 10.3 Å². The smallest absolute Gasteiger partial charge is 0.255 e. The van der Waals surface area contributed by atoms with E-state index in [1.165, 1.54) is 0 Å². The van der Waals surface area contributed by atoms with Crippen molar-refractivity contribution in [3.05, 3.63) is 83.9 Å². The Labute approximate surface area is 127 Å². The maximum atomic E-state index is 12.5. The first-order valence-corrected chi connectivity index (χ1v) is 6.85. The fourth-order valence-electron chi connectivity index (χ4n) is 2.24. The number of carbonyl (C=O) groups excluding carboxylic acids is 1. The summed E-state index contributed by atoms with van der Waals surface area (Å²) >= 11 is 0. The summed E-state index contributed by atoms with van der Waals surface area (Å²) in [7, 11) is 0. The Bertz CT molecular complexity index is 755. The van der Waals surface area contributed by atoms with Gasteiger partial charge >= 0.3 is 0 Å². The average Bonchev–Trinajstić information content (AvgIpc) is 3.08. The van der Waals surface area contributed by atoms with Crippen molar-refractivity contribution in [3.63, 3.8) is 0 Å². The van der Waals surface area contributed by atoms with E-state index in [1.54, 1.807) is 30.7 Å². The van der Waals surface area contributed by atoms with Crippen LogP contribution in [0.2, 0.25) is 0 Å². The molecule has 0 saturated carbocycles. The highest BCUT2D eigenvalue weighted by atomic mass is 16.3. The second-order valence-electron chi connectivity index (χ2n) is 4.77. The molecule has 22 heavy (non-hydrogen) atoms. The number of amides is 1. The topological polar surface area (TPSA) is 81.1 Å². The number of pyridine rings is 1. The average molecular weight is 293 g/mol. The molecule has 1 unspecified atom stereocenters. The zero-order valence-corrected chi connectivity index (χ0v) is 11.8. The molecular weight excluding hydrogens is 278 g/mol. The summed E-state index contributed by atoms with van der Waals surface area (Å²) in [6, 6.07) is 16.1. The summed E-state index contributed by atoms with van der Waals surface area (Å²) in [6.07, 6.45) is 3.13. The van der Waals surface area contributed by atoms with Crippen LogP contribution in [0.3, 0.4) is 0 Å². The Kier molecular flexibility index (Phi) is 3.87. The van der Waals surface area contributed by atoms with Crippen molar-refractivity contribution in [3.8, 4) is 0 Å². The minimum absolute atomic E-state index is 0.200. The van der Waals surface area contributed by atoms with Gasteiger partial charge in [0.2, 0.25) is 0 Å². The van der Waals surface area contributed by atoms with Crippen LogP contribution in [0.4, 0.5) is 5.82 Å². The van der Waals surface area contributed by atoms with Gasteiger partial charge in [0.05, 0.1) is 11.8 Å². The van der Waals surface area contributed by atoms with E-state index in [1.807, 2.05) is 36.4 Å². The van der Waals surface area contributed by atoms with Crippen LogP contribution >= 0.6 is 0 Å². The molecule has 1 atom stereocenters. The largest absolute Gasteiger partial charge is 0.467 e. The number of hydrogen-bond acceptors (Lipinski definition) is 4. The van der Waals surface area contributed by atoms with Gasteiger partial charge in [-0.1, -0.05) is 30.3 Å². The molecule has 0 aliphatic rings. The lowest BCUT2D eigenvalue weighted by Crippen LogP contribution is -2.29. The summed E-state index contributed by atoms with van der Waals surface area (Å²) in [5.74, 6) is 0.559. The summed E-state index contributed by atoms with van der Waals surface area (Å²) < 4.78 is 5.46. The predicted octanol–water partition coefficient (Wildman–Crippen LogP) is 2.78. The zero-order chi connectivity index (χ0) is 15.4. The Balaban J connectivity index is 1.91. The van der Waals surface area contributed by atoms with Gasteiger partial charge in [0.1, 0.15) is 17.6 Å². The number of nitrogens with zero attached hydrogens (tertiary/aromatic N) is 1. The fraction of sp³-hybridized carbons (Fsp3) is 0.0588. The van der Waals surface area contributed by atoms with Crippen LogP contribution in [-0.2, 0) is 0 Å². The SMILES string of the molecule is Nc1ncccc1C(=O)NC(c1ccccc1)c1ccco1. The number of aromatic nitrogens is 1. The van der Waals surface area contributed by atoms with Crippen molar-refractivity contribution in [1.29, 1.82) is 0 Å². The number of benzene rings is 1. The van der Waals surface area contributed by atoms with Gasteiger partial charge in [-0.05, 0) is 29.8 Å². The highest BCUT2D eigenvalue weighted by molar-refractivity contribution is 5.98.